The SMILES string of the molecule is CCC(=O)CCCCCC(N)C(=O)C1CCCN(C(=O)[C@@H](NC(=O)[C@@H](N)Cc2c[nH]c3ccccc23)[C@@H](C)CC)[C@@]1(C=O)OC. The Morgan fingerprint density at radius 1 is 1.13 bits per heavy atom. The Labute approximate surface area is 266 Å². The van der Waals surface area contributed by atoms with Gasteiger partial charge < -0.3 is 31.4 Å². The summed E-state index contributed by atoms with van der Waals surface area (Å²) < 4.78 is 5.74. The summed E-state index contributed by atoms with van der Waals surface area (Å²) in [7, 11) is 1.31. The molecule has 1 aliphatic heterocycles. The Kier molecular flexibility index (Phi) is 13.4. The molecule has 248 valence electrons. The van der Waals surface area contributed by atoms with Gasteiger partial charge in [0, 0.05) is 43.6 Å². The van der Waals surface area contributed by atoms with E-state index < -0.39 is 41.6 Å². The molecule has 3 rings (SSSR count). The number of carbonyl (C=O) groups is 5. The van der Waals surface area contributed by atoms with Gasteiger partial charge in [0.1, 0.15) is 11.8 Å². The van der Waals surface area contributed by atoms with E-state index in [0.717, 1.165) is 29.3 Å². The number of piperidine rings is 1. The van der Waals surface area contributed by atoms with Crippen LogP contribution >= 0.6 is 0 Å². The molecule has 6 atom stereocenters. The topological polar surface area (TPSA) is 178 Å². The van der Waals surface area contributed by atoms with Crippen LogP contribution in [0.1, 0.15) is 84.1 Å². The second kappa shape index (κ2) is 16.8. The number of Topliss-reactive ketones (excluding diaryl/α,β-unsaturated/α-hetero) is 2. The quantitative estimate of drug-likeness (QED) is 0.144. The molecule has 1 aliphatic rings. The molecule has 1 aromatic heterocycles. The summed E-state index contributed by atoms with van der Waals surface area (Å²) >= 11 is 0. The Hall–Kier alpha value is -3.41. The van der Waals surface area contributed by atoms with Gasteiger partial charge in [-0.05, 0) is 49.7 Å². The predicted octanol–water partition coefficient (Wildman–Crippen LogP) is 3.17. The number of benzene rings is 1. The highest BCUT2D eigenvalue weighted by atomic mass is 16.5. The minimum atomic E-state index is -1.85. The maximum Gasteiger partial charge on any atom is 0.248 e. The van der Waals surface area contributed by atoms with Crippen LogP contribution in [0.3, 0.4) is 0 Å². The molecule has 0 bridgehead atoms. The number of aromatic nitrogens is 1. The number of H-pyrrole nitrogens is 1. The number of carbonyl (C=O) groups excluding carboxylic acids is 5. The number of nitrogens with one attached hydrogen (secondary N) is 2. The number of unbranched alkanes of at least 4 members (excludes halogenated alkanes) is 2. The third-order valence-corrected chi connectivity index (χ3v) is 9.36. The zero-order valence-corrected chi connectivity index (χ0v) is 27.2. The molecule has 11 nitrogen and oxygen atoms in total. The summed E-state index contributed by atoms with van der Waals surface area (Å²) in [6.07, 6.45) is 7.59. The first-order valence-electron chi connectivity index (χ1n) is 16.3. The standard InChI is InChI=1S/C34H51N5O6/c1-5-22(3)30(38-32(43)28(36)19-23-20-37-29-17-11-10-14-25(23)29)33(44)39-18-12-15-26(34(39,21-40)45-4)31(42)27(35)16-9-7-8-13-24(41)6-2/h10-11,14,17,20-22,26-28,30,37H,5-9,12-13,15-16,18-19,35-36H2,1-4H3,(H,38,43)/t22-,26?,27?,28-,30-,34-/m0/s1. The lowest BCUT2D eigenvalue weighted by molar-refractivity contribution is -0.197. The number of para-hydroxylation sites is 1. The van der Waals surface area contributed by atoms with Crippen molar-refractivity contribution in [1.82, 2.24) is 15.2 Å². The van der Waals surface area contributed by atoms with E-state index in [1.807, 2.05) is 51.2 Å². The lowest BCUT2D eigenvalue weighted by atomic mass is 9.79. The average molecular weight is 626 g/mol. The van der Waals surface area contributed by atoms with Crippen molar-refractivity contribution in [1.29, 1.82) is 0 Å². The number of hydrogen-bond donors (Lipinski definition) is 4. The number of methoxy groups -OCH3 is 1. The Morgan fingerprint density at radius 3 is 2.53 bits per heavy atom. The lowest BCUT2D eigenvalue weighted by Crippen LogP contribution is -2.68. The van der Waals surface area contributed by atoms with Crippen LogP contribution in [0.15, 0.2) is 30.5 Å². The minimum Gasteiger partial charge on any atom is -0.361 e. The van der Waals surface area contributed by atoms with Gasteiger partial charge in [-0.15, -0.1) is 0 Å². The third kappa shape index (κ3) is 8.45. The number of aldehydes is 1. The normalized spacial score (nSPS) is 21.1. The van der Waals surface area contributed by atoms with E-state index >= 15 is 0 Å². The Morgan fingerprint density at radius 2 is 1.87 bits per heavy atom. The molecule has 2 aromatic rings. The summed E-state index contributed by atoms with van der Waals surface area (Å²) in [5.41, 5.74) is 12.6. The smallest absolute Gasteiger partial charge is 0.248 e. The molecule has 0 saturated carbocycles. The number of ether oxygens (including phenoxy) is 1. The first-order chi connectivity index (χ1) is 21.5. The molecule has 1 fully saturated rings. The fourth-order valence-corrected chi connectivity index (χ4v) is 6.28. The monoisotopic (exact) mass is 625 g/mol. The highest BCUT2D eigenvalue weighted by Gasteiger charge is 2.54. The van der Waals surface area contributed by atoms with Crippen molar-refractivity contribution in [3.8, 4) is 0 Å². The van der Waals surface area contributed by atoms with Crippen molar-refractivity contribution in [2.45, 2.75) is 109 Å². The number of hydrogen-bond acceptors (Lipinski definition) is 8. The first kappa shape index (κ1) is 36.1. The summed E-state index contributed by atoms with van der Waals surface area (Å²) in [6.45, 7) is 5.77. The molecule has 11 heteroatoms. The fourth-order valence-electron chi connectivity index (χ4n) is 6.28. The largest absolute Gasteiger partial charge is 0.361 e. The number of rotatable bonds is 18. The van der Waals surface area contributed by atoms with Crippen molar-refractivity contribution in [3.05, 3.63) is 36.0 Å². The fraction of sp³-hybridized carbons (Fsp3) is 0.618. The third-order valence-electron chi connectivity index (χ3n) is 9.36. The molecule has 2 heterocycles. The zero-order chi connectivity index (χ0) is 33.1. The maximum atomic E-state index is 14.2. The molecule has 0 aliphatic carbocycles. The van der Waals surface area contributed by atoms with Crippen LogP contribution in [0.5, 0.6) is 0 Å². The summed E-state index contributed by atoms with van der Waals surface area (Å²) in [4.78, 5) is 70.1. The number of fused-ring (bicyclic) bond motifs is 1. The number of likely N-dealkylation sites (tertiary alicyclic amines) is 1. The summed E-state index contributed by atoms with van der Waals surface area (Å²) in [5.74, 6) is -2.36. The molecular weight excluding hydrogens is 574 g/mol. The molecule has 6 N–H and O–H groups in total. The van der Waals surface area contributed by atoms with Gasteiger partial charge in [-0.1, -0.05) is 58.2 Å². The van der Waals surface area contributed by atoms with Gasteiger partial charge >= 0.3 is 0 Å². The lowest BCUT2D eigenvalue weighted by Gasteiger charge is -2.48. The van der Waals surface area contributed by atoms with E-state index in [1.54, 1.807) is 0 Å². The van der Waals surface area contributed by atoms with Gasteiger partial charge in [0.2, 0.25) is 17.5 Å². The average Bonchev–Trinajstić information content (AvgIpc) is 3.47. The molecule has 2 amide bonds. The van der Waals surface area contributed by atoms with Crippen molar-refractivity contribution in [3.63, 3.8) is 0 Å². The molecule has 0 radical (unpaired) electrons. The molecule has 0 spiro atoms. The molecule has 1 aromatic carbocycles. The number of ketones is 2. The van der Waals surface area contributed by atoms with E-state index in [2.05, 4.69) is 10.3 Å². The molecular formula is C34H51N5O6. The second-order valence-electron chi connectivity index (χ2n) is 12.3. The van der Waals surface area contributed by atoms with Gasteiger partial charge in [-0.25, -0.2) is 0 Å². The van der Waals surface area contributed by atoms with Gasteiger partial charge in [0.25, 0.3) is 0 Å². The molecule has 2 unspecified atom stereocenters. The number of nitrogens with zero attached hydrogens (tertiary/aromatic N) is 1. The summed E-state index contributed by atoms with van der Waals surface area (Å²) in [5, 5.41) is 3.83. The maximum absolute atomic E-state index is 14.2. The van der Waals surface area contributed by atoms with Crippen molar-refractivity contribution in [2.75, 3.05) is 13.7 Å². The number of amides is 2. The van der Waals surface area contributed by atoms with Crippen molar-refractivity contribution >= 4 is 40.6 Å². The van der Waals surface area contributed by atoms with E-state index in [0.29, 0.717) is 51.2 Å². The van der Waals surface area contributed by atoms with Crippen LogP contribution in [0, 0.1) is 11.8 Å². The van der Waals surface area contributed by atoms with Gasteiger partial charge in [0.15, 0.2) is 12.1 Å². The molecule has 1 saturated heterocycles. The highest BCUT2D eigenvalue weighted by Crippen LogP contribution is 2.36. The van der Waals surface area contributed by atoms with Crippen molar-refractivity contribution < 1.29 is 28.7 Å². The Balaban J connectivity index is 1.74. The van der Waals surface area contributed by atoms with Crippen LogP contribution < -0.4 is 16.8 Å². The summed E-state index contributed by atoms with van der Waals surface area (Å²) in [6, 6.07) is 4.99. The van der Waals surface area contributed by atoms with Crippen molar-refractivity contribution in [2.24, 2.45) is 23.3 Å². The van der Waals surface area contributed by atoms with Crippen LogP contribution in [0.2, 0.25) is 0 Å². The second-order valence-corrected chi connectivity index (χ2v) is 12.3. The van der Waals surface area contributed by atoms with E-state index in [-0.39, 0.29) is 30.4 Å². The minimum absolute atomic E-state index is 0.181. The number of nitrogens with two attached hydrogens (primary N) is 2. The van der Waals surface area contributed by atoms with E-state index in [9.17, 15) is 24.0 Å². The Bertz CT molecular complexity index is 1330. The molecule has 45 heavy (non-hydrogen) atoms. The first-order valence-corrected chi connectivity index (χ1v) is 16.3. The van der Waals surface area contributed by atoms with Gasteiger partial charge in [0.05, 0.1) is 18.0 Å². The van der Waals surface area contributed by atoms with Crippen LogP contribution in [0.4, 0.5) is 0 Å². The van der Waals surface area contributed by atoms with Crippen LogP contribution in [-0.2, 0) is 35.1 Å². The van der Waals surface area contributed by atoms with Crippen LogP contribution in [-0.4, -0.2) is 77.1 Å². The zero-order valence-electron chi connectivity index (χ0n) is 27.2. The van der Waals surface area contributed by atoms with Gasteiger partial charge in [-0.3, -0.25) is 24.0 Å². The highest BCUT2D eigenvalue weighted by molar-refractivity contribution is 5.95. The van der Waals surface area contributed by atoms with E-state index in [1.165, 1.54) is 12.0 Å². The van der Waals surface area contributed by atoms with Crippen LogP contribution in [0.25, 0.3) is 10.9 Å². The van der Waals surface area contributed by atoms with Gasteiger partial charge in [-0.2, -0.15) is 0 Å². The van der Waals surface area contributed by atoms with E-state index in [4.69, 9.17) is 16.2 Å². The predicted molar refractivity (Wildman–Crippen MR) is 173 cm³/mol. The number of aromatic amines is 1.